The monoisotopic (exact) mass is 328 g/mol. The molecule has 0 saturated carbocycles. The molecule has 0 aliphatic rings. The Kier molecular flexibility index (Phi) is 6.18. The van der Waals surface area contributed by atoms with Gasteiger partial charge in [-0.05, 0) is 56.0 Å². The van der Waals surface area contributed by atoms with Crippen LogP contribution in [-0.2, 0) is 24.7 Å². The van der Waals surface area contributed by atoms with Gasteiger partial charge in [0.25, 0.3) is 0 Å². The lowest BCUT2D eigenvalue weighted by Gasteiger charge is -2.14. The zero-order valence-corrected chi connectivity index (χ0v) is 14.2. The molecule has 5 heteroatoms. The molecule has 1 aromatic carbocycles. The highest BCUT2D eigenvalue weighted by Crippen LogP contribution is 2.08. The van der Waals surface area contributed by atoms with Gasteiger partial charge in [-0.25, -0.2) is 4.79 Å². The highest BCUT2D eigenvalue weighted by molar-refractivity contribution is 5.87. The van der Waals surface area contributed by atoms with E-state index in [1.807, 2.05) is 26.2 Å². The van der Waals surface area contributed by atoms with Gasteiger partial charge in [0, 0.05) is 31.4 Å². The number of carbonyl (C=O) groups is 2. The van der Waals surface area contributed by atoms with Crippen LogP contribution < -0.4 is 5.32 Å². The van der Waals surface area contributed by atoms with Gasteiger partial charge in [0.15, 0.2) is 0 Å². The predicted octanol–water partition coefficient (Wildman–Crippen LogP) is 2.79. The van der Waals surface area contributed by atoms with Crippen LogP contribution in [0.4, 0.5) is 0 Å². The number of aromatic carboxylic acids is 1. The summed E-state index contributed by atoms with van der Waals surface area (Å²) >= 11 is 0. The Bertz CT molecular complexity index is 689. The Morgan fingerprint density at radius 1 is 1.17 bits per heavy atom. The lowest BCUT2D eigenvalue weighted by atomic mass is 10.1. The minimum atomic E-state index is -0.939. The summed E-state index contributed by atoms with van der Waals surface area (Å²) in [6, 6.07) is 10.9. The first-order chi connectivity index (χ1) is 11.5. The van der Waals surface area contributed by atoms with Gasteiger partial charge in [0.2, 0.25) is 5.91 Å². The van der Waals surface area contributed by atoms with Crippen molar-refractivity contribution in [2.24, 2.45) is 7.05 Å². The van der Waals surface area contributed by atoms with Gasteiger partial charge in [0.1, 0.15) is 0 Å². The summed E-state index contributed by atoms with van der Waals surface area (Å²) in [5.74, 6) is -0.914. The number of carboxylic acid groups (broad SMARTS) is 1. The topological polar surface area (TPSA) is 71.3 Å². The van der Waals surface area contributed by atoms with E-state index in [1.54, 1.807) is 24.3 Å². The van der Waals surface area contributed by atoms with E-state index in [0.29, 0.717) is 12.8 Å². The average Bonchev–Trinajstić information content (AvgIpc) is 2.96. The third-order valence-corrected chi connectivity index (χ3v) is 4.13. The maximum atomic E-state index is 12.0. The van der Waals surface area contributed by atoms with Crippen molar-refractivity contribution in [1.29, 1.82) is 0 Å². The Morgan fingerprint density at radius 2 is 1.88 bits per heavy atom. The number of hydrogen-bond donors (Lipinski definition) is 2. The van der Waals surface area contributed by atoms with E-state index in [9.17, 15) is 9.59 Å². The third kappa shape index (κ3) is 5.26. The highest BCUT2D eigenvalue weighted by atomic mass is 16.4. The summed E-state index contributed by atoms with van der Waals surface area (Å²) in [4.78, 5) is 22.8. The molecule has 0 aliphatic carbocycles. The van der Waals surface area contributed by atoms with Crippen LogP contribution in [0.15, 0.2) is 42.6 Å². The third-order valence-electron chi connectivity index (χ3n) is 4.13. The van der Waals surface area contributed by atoms with Crippen molar-refractivity contribution in [1.82, 2.24) is 9.88 Å². The largest absolute Gasteiger partial charge is 0.478 e. The van der Waals surface area contributed by atoms with Crippen molar-refractivity contribution in [2.75, 3.05) is 0 Å². The second-order valence-electron chi connectivity index (χ2n) is 6.12. The predicted molar refractivity (Wildman–Crippen MR) is 93.1 cm³/mol. The molecule has 0 radical (unpaired) electrons. The molecule has 1 amide bonds. The molecule has 0 fully saturated rings. The number of carboxylic acids is 1. The normalized spacial score (nSPS) is 11.9. The van der Waals surface area contributed by atoms with Crippen LogP contribution in [0.3, 0.4) is 0 Å². The van der Waals surface area contributed by atoms with E-state index in [-0.39, 0.29) is 17.5 Å². The van der Waals surface area contributed by atoms with E-state index in [0.717, 1.165) is 18.4 Å². The number of hydrogen-bond acceptors (Lipinski definition) is 2. The summed E-state index contributed by atoms with van der Waals surface area (Å²) in [5.41, 5.74) is 2.48. The number of carbonyl (C=O) groups excluding carboxylic acids is 1. The van der Waals surface area contributed by atoms with Gasteiger partial charge in [-0.1, -0.05) is 12.1 Å². The molecule has 24 heavy (non-hydrogen) atoms. The molecule has 1 unspecified atom stereocenters. The SMILES string of the molecule is CC(CCc1cccn1C)NC(=O)CCc1ccc(C(=O)O)cc1. The molecule has 0 saturated heterocycles. The van der Waals surface area contributed by atoms with E-state index < -0.39 is 5.97 Å². The molecule has 0 bridgehead atoms. The fourth-order valence-electron chi connectivity index (χ4n) is 2.61. The maximum Gasteiger partial charge on any atom is 0.335 e. The minimum Gasteiger partial charge on any atom is -0.478 e. The molecule has 2 N–H and O–H groups in total. The average molecular weight is 328 g/mol. The van der Waals surface area contributed by atoms with E-state index >= 15 is 0 Å². The molecule has 1 heterocycles. The van der Waals surface area contributed by atoms with Gasteiger partial charge < -0.3 is 15.0 Å². The first kappa shape index (κ1) is 17.8. The minimum absolute atomic E-state index is 0.0247. The summed E-state index contributed by atoms with van der Waals surface area (Å²) in [5, 5.41) is 11.9. The number of rotatable bonds is 8. The smallest absolute Gasteiger partial charge is 0.335 e. The first-order valence-electron chi connectivity index (χ1n) is 8.17. The van der Waals surface area contributed by atoms with Crippen LogP contribution in [0.1, 0.15) is 41.4 Å². The van der Waals surface area contributed by atoms with Crippen molar-refractivity contribution >= 4 is 11.9 Å². The van der Waals surface area contributed by atoms with Crippen molar-refractivity contribution in [3.63, 3.8) is 0 Å². The molecule has 0 aliphatic heterocycles. The molecule has 0 spiro atoms. The van der Waals surface area contributed by atoms with Gasteiger partial charge in [-0.3, -0.25) is 4.79 Å². The maximum absolute atomic E-state index is 12.0. The Balaban J connectivity index is 1.72. The quantitative estimate of drug-likeness (QED) is 0.783. The number of nitrogens with one attached hydrogen (secondary N) is 1. The number of benzene rings is 1. The standard InChI is InChI=1S/C19H24N2O3/c1-14(5-11-17-4-3-13-21(17)2)20-18(22)12-8-15-6-9-16(10-7-15)19(23)24/h3-4,6-7,9-10,13-14H,5,8,11-12H2,1-2H3,(H,20,22)(H,23,24). The van der Waals surface area contributed by atoms with Crippen molar-refractivity contribution < 1.29 is 14.7 Å². The van der Waals surface area contributed by atoms with Crippen LogP contribution >= 0.6 is 0 Å². The molecule has 1 atom stereocenters. The van der Waals surface area contributed by atoms with Crippen LogP contribution in [0, 0.1) is 0 Å². The first-order valence-corrected chi connectivity index (χ1v) is 8.17. The second-order valence-corrected chi connectivity index (χ2v) is 6.12. The second kappa shape index (κ2) is 8.34. The van der Waals surface area contributed by atoms with Gasteiger partial charge >= 0.3 is 5.97 Å². The van der Waals surface area contributed by atoms with Crippen molar-refractivity contribution in [2.45, 2.75) is 38.6 Å². The number of aromatic nitrogens is 1. The van der Waals surface area contributed by atoms with Crippen LogP contribution in [0.5, 0.6) is 0 Å². The summed E-state index contributed by atoms with van der Waals surface area (Å²) in [6.45, 7) is 2.02. The van der Waals surface area contributed by atoms with Gasteiger partial charge in [-0.15, -0.1) is 0 Å². The molecule has 2 aromatic rings. The Labute approximate surface area is 142 Å². The van der Waals surface area contributed by atoms with Crippen LogP contribution in [0.25, 0.3) is 0 Å². The molecule has 5 nitrogen and oxygen atoms in total. The lowest BCUT2D eigenvalue weighted by Crippen LogP contribution is -2.33. The molecular formula is C19H24N2O3. The zero-order valence-electron chi connectivity index (χ0n) is 14.2. The molecule has 1 aromatic heterocycles. The summed E-state index contributed by atoms with van der Waals surface area (Å²) < 4.78 is 2.09. The Morgan fingerprint density at radius 3 is 2.46 bits per heavy atom. The van der Waals surface area contributed by atoms with Gasteiger partial charge in [0.05, 0.1) is 5.56 Å². The zero-order chi connectivity index (χ0) is 17.5. The summed E-state index contributed by atoms with van der Waals surface area (Å²) in [7, 11) is 2.02. The van der Waals surface area contributed by atoms with Crippen molar-refractivity contribution in [3.05, 3.63) is 59.4 Å². The number of aryl methyl sites for hydroxylation is 3. The fraction of sp³-hybridized carbons (Fsp3) is 0.368. The van der Waals surface area contributed by atoms with Crippen LogP contribution in [0.2, 0.25) is 0 Å². The summed E-state index contributed by atoms with van der Waals surface area (Å²) in [6.07, 6.45) is 4.86. The van der Waals surface area contributed by atoms with Crippen LogP contribution in [-0.4, -0.2) is 27.6 Å². The fourth-order valence-corrected chi connectivity index (χ4v) is 2.61. The number of nitrogens with zero attached hydrogens (tertiary/aromatic N) is 1. The lowest BCUT2D eigenvalue weighted by molar-refractivity contribution is -0.121. The van der Waals surface area contributed by atoms with E-state index in [1.165, 1.54) is 5.69 Å². The molecule has 128 valence electrons. The number of amides is 1. The van der Waals surface area contributed by atoms with Gasteiger partial charge in [-0.2, -0.15) is 0 Å². The van der Waals surface area contributed by atoms with E-state index in [4.69, 9.17) is 5.11 Å². The molecular weight excluding hydrogens is 304 g/mol. The molecule has 2 rings (SSSR count). The van der Waals surface area contributed by atoms with Crippen molar-refractivity contribution in [3.8, 4) is 0 Å². The van der Waals surface area contributed by atoms with E-state index in [2.05, 4.69) is 16.0 Å². The Hall–Kier alpha value is -2.56. The highest BCUT2D eigenvalue weighted by Gasteiger charge is 2.09.